The fourth-order valence-electron chi connectivity index (χ4n) is 0.683. The van der Waals surface area contributed by atoms with Gasteiger partial charge in [-0.1, -0.05) is 18.2 Å². The van der Waals surface area contributed by atoms with E-state index in [-0.39, 0.29) is 0 Å². The van der Waals surface area contributed by atoms with E-state index in [1.54, 1.807) is 17.7 Å². The zero-order valence-electron chi connectivity index (χ0n) is 7.58. The van der Waals surface area contributed by atoms with Gasteiger partial charge in [-0.15, -0.1) is 0 Å². The van der Waals surface area contributed by atoms with Crippen LogP contribution in [0, 0.1) is 11.0 Å². The van der Waals surface area contributed by atoms with Crippen LogP contribution in [0.15, 0.2) is 30.3 Å². The zero-order valence-corrected chi connectivity index (χ0v) is 7.58. The van der Waals surface area contributed by atoms with Crippen molar-refractivity contribution in [2.45, 2.75) is 6.92 Å². The van der Waals surface area contributed by atoms with Gasteiger partial charge in [0.15, 0.2) is 0 Å². The molecule has 0 aliphatic carbocycles. The second-order valence-electron chi connectivity index (χ2n) is 2.03. The molecule has 0 amide bonds. The van der Waals surface area contributed by atoms with E-state index in [1.807, 2.05) is 37.3 Å². The molecule has 1 aromatic rings. The molecule has 0 saturated carbocycles. The summed E-state index contributed by atoms with van der Waals surface area (Å²) in [4.78, 5) is 0. The van der Waals surface area contributed by atoms with E-state index in [2.05, 4.69) is 11.0 Å². The summed E-state index contributed by atoms with van der Waals surface area (Å²) in [5.41, 5.74) is 0. The van der Waals surface area contributed by atoms with Gasteiger partial charge < -0.3 is 4.74 Å². The molecule has 0 bridgehead atoms. The van der Waals surface area contributed by atoms with Crippen LogP contribution in [0.5, 0.6) is 5.75 Å². The first-order chi connectivity index (χ1) is 5.85. The average Bonchev–Trinajstić information content (AvgIpc) is 2.08. The predicted octanol–water partition coefficient (Wildman–Crippen LogP) is 1.83. The van der Waals surface area contributed by atoms with Crippen LogP contribution >= 0.6 is 0 Å². The monoisotopic (exact) mass is 154 g/mol. The summed E-state index contributed by atoms with van der Waals surface area (Å²) in [7, 11) is 0. The van der Waals surface area contributed by atoms with Crippen molar-refractivity contribution in [3.8, 4) is 16.8 Å². The zero-order chi connectivity index (χ0) is 9.23. The Bertz CT molecular complexity index is 225. The normalized spacial score (nSPS) is 7.50. The first kappa shape index (κ1) is 11.2. The van der Waals surface area contributed by atoms with E-state index in [9.17, 15) is 0 Å². The minimum absolute atomic E-state index is 0.740. The summed E-state index contributed by atoms with van der Waals surface area (Å²) in [6.07, 6.45) is 4.60. The van der Waals surface area contributed by atoms with E-state index < -0.39 is 0 Å². The Morgan fingerprint density at radius 1 is 1.42 bits per heavy atom. The predicted molar refractivity (Wildman–Crippen MR) is 52.2 cm³/mol. The molecule has 0 N–H and O–H groups in total. The van der Waals surface area contributed by atoms with Crippen molar-refractivity contribution in [1.82, 2.24) is 0 Å². The van der Waals surface area contributed by atoms with Gasteiger partial charge in [-0.2, -0.15) is 0 Å². The van der Waals surface area contributed by atoms with Crippen LogP contribution < -0.4 is 4.74 Å². The molecule has 0 aromatic heterocycles. The second-order valence-corrected chi connectivity index (χ2v) is 2.03. The Balaban J connectivity index is 0.000000354. The fourth-order valence-corrected chi connectivity index (χ4v) is 0.683. The average molecular weight is 154 g/mol. The summed E-state index contributed by atoms with van der Waals surface area (Å²) in [5.74, 6) is 0.944. The van der Waals surface area contributed by atoms with Crippen LogP contribution in [0.25, 0.3) is 0 Å². The number of para-hydroxylation sites is 1. The Kier molecular flexibility index (Phi) is 7.71. The van der Waals surface area contributed by atoms with Crippen LogP contribution in [0.3, 0.4) is 0 Å². The summed E-state index contributed by atoms with van der Waals surface area (Å²) >= 11 is 1.65. The molecule has 1 nitrogen and oxygen atoms in total. The first-order valence-corrected chi connectivity index (χ1v) is 3.90. The van der Waals surface area contributed by atoms with Gasteiger partial charge in [0.1, 0.15) is 5.75 Å². The van der Waals surface area contributed by atoms with Crippen molar-refractivity contribution in [2.24, 2.45) is 0 Å². The van der Waals surface area contributed by atoms with Gasteiger partial charge >= 0.3 is 28.7 Å². The molecule has 58 valence electrons. The van der Waals surface area contributed by atoms with Gasteiger partial charge in [-0.3, -0.25) is 0 Å². The number of rotatable bonds is 2. The third-order valence-corrected chi connectivity index (χ3v) is 1.05. The number of ether oxygens (including phenoxy) is 1. The Morgan fingerprint density at radius 2 is 1.92 bits per heavy atom. The molecule has 0 unspecified atom stereocenters. The Hall–Kier alpha value is -0.823. The minimum atomic E-state index is 0.740. The van der Waals surface area contributed by atoms with E-state index in [0.717, 1.165) is 12.4 Å². The van der Waals surface area contributed by atoms with E-state index in [0.29, 0.717) is 0 Å². The Labute approximate surface area is 83.3 Å². The second kappa shape index (κ2) is 8.28. The molecule has 1 rings (SSSR count). The number of benzene rings is 1. The maximum absolute atomic E-state index is 5.21. The molecule has 1 aromatic carbocycles. The van der Waals surface area contributed by atoms with Crippen molar-refractivity contribution < 1.29 is 4.74 Å². The molecule has 2 heteroatoms. The fraction of sp³-hybridized carbons (Fsp3) is 0.200. The van der Waals surface area contributed by atoms with Gasteiger partial charge in [0.05, 0.1) is 6.61 Å². The summed E-state index contributed by atoms with van der Waals surface area (Å²) in [5, 5.41) is 0. The van der Waals surface area contributed by atoms with Crippen molar-refractivity contribution >= 4 is 17.7 Å². The van der Waals surface area contributed by atoms with Crippen molar-refractivity contribution in [3.05, 3.63) is 30.3 Å². The van der Waals surface area contributed by atoms with Gasteiger partial charge in [0.2, 0.25) is 0 Å². The third-order valence-electron chi connectivity index (χ3n) is 1.05. The van der Waals surface area contributed by atoms with Gasteiger partial charge in [-0.25, -0.2) is 0 Å². The molecule has 0 saturated heterocycles. The van der Waals surface area contributed by atoms with Gasteiger partial charge in [0, 0.05) is 0 Å². The van der Waals surface area contributed by atoms with Crippen molar-refractivity contribution in [1.29, 1.82) is 0 Å². The molecule has 0 atom stereocenters. The quantitative estimate of drug-likeness (QED) is 0.466. The van der Waals surface area contributed by atoms with Gasteiger partial charge in [0.25, 0.3) is 0 Å². The van der Waals surface area contributed by atoms with Crippen LogP contribution in [0.2, 0.25) is 0 Å². The van der Waals surface area contributed by atoms with Crippen LogP contribution in [0.1, 0.15) is 6.92 Å². The van der Waals surface area contributed by atoms with E-state index >= 15 is 0 Å². The van der Waals surface area contributed by atoms with Crippen LogP contribution in [0.4, 0.5) is 0 Å². The number of terminal acetylenes is 1. The first-order valence-electron chi connectivity index (χ1n) is 3.90. The third kappa shape index (κ3) is 5.92. The SMILES string of the molecule is CCOc1ccccc1.[Li][C]#C. The van der Waals surface area contributed by atoms with Crippen LogP contribution in [-0.2, 0) is 0 Å². The topological polar surface area (TPSA) is 9.23 Å². The molecule has 0 radical (unpaired) electrons. The van der Waals surface area contributed by atoms with E-state index in [4.69, 9.17) is 4.74 Å². The number of hydrogen-bond donors (Lipinski definition) is 0. The summed E-state index contributed by atoms with van der Waals surface area (Å²) < 4.78 is 7.46. The molecule has 12 heavy (non-hydrogen) atoms. The van der Waals surface area contributed by atoms with Crippen LogP contribution in [-0.4, -0.2) is 24.3 Å². The summed E-state index contributed by atoms with van der Waals surface area (Å²) in [6.45, 7) is 2.72. The van der Waals surface area contributed by atoms with Gasteiger partial charge in [-0.05, 0) is 19.1 Å². The summed E-state index contributed by atoms with van der Waals surface area (Å²) in [6, 6.07) is 9.80. The molecule has 0 aliphatic rings. The number of hydrogen-bond acceptors (Lipinski definition) is 1. The standard InChI is InChI=1S/C8H10O.C2H.Li/c1-2-9-8-6-4-3-5-7-8;1-2;/h3-7H,2H2,1H3;1H;. The molecular weight excluding hydrogens is 143 g/mol. The molecule has 0 fully saturated rings. The van der Waals surface area contributed by atoms with Crippen molar-refractivity contribution in [3.63, 3.8) is 0 Å². The molecular formula is C10H11LiO. The maximum atomic E-state index is 5.21. The van der Waals surface area contributed by atoms with Crippen molar-refractivity contribution in [2.75, 3.05) is 6.61 Å². The molecule has 0 spiro atoms. The molecule has 0 aliphatic heterocycles. The Morgan fingerprint density at radius 3 is 2.33 bits per heavy atom. The van der Waals surface area contributed by atoms with E-state index in [1.165, 1.54) is 0 Å². The molecule has 0 heterocycles.